The molecule has 90 valence electrons. The topological polar surface area (TPSA) is 38.8 Å². The first-order valence-corrected chi connectivity index (χ1v) is 5.81. The molecule has 4 nitrogen and oxygen atoms in total. The number of amides is 1. The van der Waals surface area contributed by atoms with E-state index in [0.717, 1.165) is 12.8 Å². The summed E-state index contributed by atoms with van der Waals surface area (Å²) in [6.45, 7) is 6.18. The van der Waals surface area contributed by atoms with Gasteiger partial charge in [-0.15, -0.1) is 0 Å². The molecular weight excluding hydrogens is 206 g/mol. The molecule has 16 heavy (non-hydrogen) atoms. The highest BCUT2D eigenvalue weighted by Gasteiger charge is 2.33. The van der Waals surface area contributed by atoms with E-state index in [-0.39, 0.29) is 12.2 Å². The molecule has 1 fully saturated rings. The van der Waals surface area contributed by atoms with Crippen molar-refractivity contribution in [2.45, 2.75) is 45.3 Å². The third kappa shape index (κ3) is 2.55. The molecule has 2 unspecified atom stereocenters. The van der Waals surface area contributed by atoms with Gasteiger partial charge in [0.05, 0.1) is 6.54 Å². The Kier molecular flexibility index (Phi) is 2.93. The van der Waals surface area contributed by atoms with Crippen LogP contribution in [0.5, 0.6) is 0 Å². The maximum Gasteiger partial charge on any atom is 0.434 e. The van der Waals surface area contributed by atoms with Gasteiger partial charge in [0.2, 0.25) is 0 Å². The SMILES string of the molecule is CC(C)(C)OC(=O)N1CCCC2C=CC2O1. The molecule has 1 heterocycles. The Labute approximate surface area is 96.2 Å². The number of hydrogen-bond acceptors (Lipinski definition) is 3. The minimum atomic E-state index is -0.471. The molecule has 0 aromatic heterocycles. The summed E-state index contributed by atoms with van der Waals surface area (Å²) in [6, 6.07) is 0. The Balaban J connectivity index is 1.93. The fourth-order valence-corrected chi connectivity index (χ4v) is 1.85. The van der Waals surface area contributed by atoms with Crippen molar-refractivity contribution in [1.29, 1.82) is 0 Å². The van der Waals surface area contributed by atoms with Gasteiger partial charge in [-0.3, -0.25) is 4.84 Å². The van der Waals surface area contributed by atoms with Gasteiger partial charge in [0.1, 0.15) is 11.7 Å². The summed E-state index contributed by atoms with van der Waals surface area (Å²) in [4.78, 5) is 17.4. The van der Waals surface area contributed by atoms with Crippen LogP contribution in [-0.2, 0) is 9.57 Å². The predicted octanol–water partition coefficient (Wildman–Crippen LogP) is 2.50. The van der Waals surface area contributed by atoms with E-state index in [9.17, 15) is 4.79 Å². The van der Waals surface area contributed by atoms with E-state index in [0.29, 0.717) is 12.5 Å². The van der Waals surface area contributed by atoms with E-state index in [1.807, 2.05) is 26.8 Å². The second-order valence-corrected chi connectivity index (χ2v) is 5.34. The third-order valence-corrected chi connectivity index (χ3v) is 2.71. The minimum Gasteiger partial charge on any atom is -0.442 e. The minimum absolute atomic E-state index is 0.0648. The standard InChI is InChI=1S/C12H19NO3/c1-12(2,3)15-11(14)13-8-4-5-9-6-7-10(9)16-13/h6-7,9-10H,4-5,8H2,1-3H3. The van der Waals surface area contributed by atoms with Crippen LogP contribution in [0.15, 0.2) is 12.2 Å². The lowest BCUT2D eigenvalue weighted by molar-refractivity contribution is -0.173. The highest BCUT2D eigenvalue weighted by Crippen LogP contribution is 2.30. The Bertz CT molecular complexity index is 306. The highest BCUT2D eigenvalue weighted by atomic mass is 16.7. The summed E-state index contributed by atoms with van der Waals surface area (Å²) in [7, 11) is 0. The number of ether oxygens (including phenoxy) is 1. The summed E-state index contributed by atoms with van der Waals surface area (Å²) in [5, 5.41) is 1.36. The average molecular weight is 225 g/mol. The van der Waals surface area contributed by atoms with Gasteiger partial charge >= 0.3 is 6.09 Å². The van der Waals surface area contributed by atoms with Gasteiger partial charge in [-0.05, 0) is 33.6 Å². The monoisotopic (exact) mass is 225 g/mol. The fraction of sp³-hybridized carbons (Fsp3) is 0.750. The van der Waals surface area contributed by atoms with Crippen LogP contribution in [0.3, 0.4) is 0 Å². The van der Waals surface area contributed by atoms with Crippen molar-refractivity contribution in [2.75, 3.05) is 6.54 Å². The lowest BCUT2D eigenvalue weighted by Crippen LogP contribution is -2.40. The van der Waals surface area contributed by atoms with Crippen molar-refractivity contribution < 1.29 is 14.4 Å². The normalized spacial score (nSPS) is 29.1. The maximum absolute atomic E-state index is 11.8. The van der Waals surface area contributed by atoms with Gasteiger partial charge in [0, 0.05) is 5.92 Å². The van der Waals surface area contributed by atoms with E-state index in [1.165, 1.54) is 5.06 Å². The maximum atomic E-state index is 11.8. The summed E-state index contributed by atoms with van der Waals surface area (Å²) in [5.74, 6) is 0.479. The number of hydroxylamine groups is 2. The second kappa shape index (κ2) is 4.09. The van der Waals surface area contributed by atoms with Crippen molar-refractivity contribution in [3.63, 3.8) is 0 Å². The summed E-state index contributed by atoms with van der Waals surface area (Å²) in [6.07, 6.45) is 5.87. The van der Waals surface area contributed by atoms with E-state index < -0.39 is 5.60 Å². The lowest BCUT2D eigenvalue weighted by Gasteiger charge is -2.31. The fourth-order valence-electron chi connectivity index (χ4n) is 1.85. The molecule has 0 N–H and O–H groups in total. The number of carbonyl (C=O) groups is 1. The van der Waals surface area contributed by atoms with Gasteiger partial charge in [0.15, 0.2) is 0 Å². The lowest BCUT2D eigenvalue weighted by atomic mass is 9.88. The second-order valence-electron chi connectivity index (χ2n) is 5.34. The van der Waals surface area contributed by atoms with Gasteiger partial charge in [-0.25, -0.2) is 4.79 Å². The number of rotatable bonds is 0. The van der Waals surface area contributed by atoms with E-state index >= 15 is 0 Å². The van der Waals surface area contributed by atoms with Crippen LogP contribution in [0.25, 0.3) is 0 Å². The largest absolute Gasteiger partial charge is 0.442 e. The summed E-state index contributed by atoms with van der Waals surface area (Å²) < 4.78 is 5.28. The zero-order valence-electron chi connectivity index (χ0n) is 10.1. The zero-order chi connectivity index (χ0) is 11.8. The van der Waals surface area contributed by atoms with E-state index in [2.05, 4.69) is 6.08 Å². The molecule has 0 aromatic rings. The van der Waals surface area contributed by atoms with E-state index in [1.54, 1.807) is 0 Å². The van der Waals surface area contributed by atoms with Gasteiger partial charge in [0.25, 0.3) is 0 Å². The van der Waals surface area contributed by atoms with Crippen molar-refractivity contribution in [3.05, 3.63) is 12.2 Å². The smallest absolute Gasteiger partial charge is 0.434 e. The van der Waals surface area contributed by atoms with Crippen molar-refractivity contribution in [3.8, 4) is 0 Å². The van der Waals surface area contributed by atoms with Gasteiger partial charge in [-0.2, -0.15) is 5.06 Å². The van der Waals surface area contributed by atoms with Crippen LogP contribution in [0, 0.1) is 5.92 Å². The molecule has 2 atom stereocenters. The highest BCUT2D eigenvalue weighted by molar-refractivity contribution is 5.66. The summed E-state index contributed by atoms with van der Waals surface area (Å²) in [5.41, 5.74) is -0.471. The molecule has 0 aromatic carbocycles. The predicted molar refractivity (Wildman–Crippen MR) is 59.7 cm³/mol. The quantitative estimate of drug-likeness (QED) is 0.594. The molecule has 0 radical (unpaired) electrons. The molecule has 1 amide bonds. The average Bonchev–Trinajstić information content (AvgIpc) is 2.23. The Morgan fingerprint density at radius 1 is 1.44 bits per heavy atom. The number of hydrogen-bond donors (Lipinski definition) is 0. The van der Waals surface area contributed by atoms with Crippen molar-refractivity contribution in [1.82, 2.24) is 5.06 Å². The van der Waals surface area contributed by atoms with Crippen LogP contribution in [0.2, 0.25) is 0 Å². The number of carbonyl (C=O) groups excluding carboxylic acids is 1. The number of fused-ring (bicyclic) bond motifs is 1. The van der Waals surface area contributed by atoms with Crippen LogP contribution in [0.1, 0.15) is 33.6 Å². The Morgan fingerprint density at radius 3 is 2.75 bits per heavy atom. The van der Waals surface area contributed by atoms with Crippen LogP contribution in [-0.4, -0.2) is 29.4 Å². The molecule has 2 aliphatic rings. The molecule has 1 aliphatic carbocycles. The van der Waals surface area contributed by atoms with Crippen molar-refractivity contribution >= 4 is 6.09 Å². The molecular formula is C12H19NO3. The molecule has 0 bridgehead atoms. The molecule has 0 spiro atoms. The van der Waals surface area contributed by atoms with Crippen LogP contribution < -0.4 is 0 Å². The Hall–Kier alpha value is -1.03. The Morgan fingerprint density at radius 2 is 2.19 bits per heavy atom. The van der Waals surface area contributed by atoms with Gasteiger partial charge < -0.3 is 4.74 Å². The number of nitrogens with zero attached hydrogens (tertiary/aromatic N) is 1. The summed E-state index contributed by atoms with van der Waals surface area (Å²) >= 11 is 0. The molecule has 4 heteroatoms. The molecule has 2 rings (SSSR count). The van der Waals surface area contributed by atoms with Gasteiger partial charge in [-0.1, -0.05) is 12.2 Å². The van der Waals surface area contributed by atoms with Crippen LogP contribution >= 0.6 is 0 Å². The zero-order valence-corrected chi connectivity index (χ0v) is 10.1. The first-order valence-electron chi connectivity index (χ1n) is 5.81. The first-order chi connectivity index (χ1) is 7.46. The van der Waals surface area contributed by atoms with E-state index in [4.69, 9.17) is 9.57 Å². The third-order valence-electron chi connectivity index (χ3n) is 2.71. The van der Waals surface area contributed by atoms with Crippen LogP contribution in [0.4, 0.5) is 4.79 Å². The first kappa shape index (κ1) is 11.5. The van der Waals surface area contributed by atoms with Crippen molar-refractivity contribution in [2.24, 2.45) is 5.92 Å². The molecule has 0 saturated carbocycles. The molecule has 1 saturated heterocycles. The molecule has 1 aliphatic heterocycles.